The van der Waals surface area contributed by atoms with E-state index in [4.69, 9.17) is 4.98 Å². The van der Waals surface area contributed by atoms with Crippen LogP contribution in [0.25, 0.3) is 16.9 Å². The molecule has 1 aliphatic carbocycles. The van der Waals surface area contributed by atoms with E-state index in [-0.39, 0.29) is 5.82 Å². The fraction of sp³-hybridized carbons (Fsp3) is 0.381. The topological polar surface area (TPSA) is 41.4 Å². The molecule has 2 aliphatic rings. The molecule has 0 spiro atoms. The lowest BCUT2D eigenvalue weighted by molar-refractivity contribution is 0.299. The minimum absolute atomic E-state index is 0.210. The molecule has 0 amide bonds. The Kier molecular flexibility index (Phi) is 3.80. The third-order valence-corrected chi connectivity index (χ3v) is 5.96. The monoisotopic (exact) mass is 350 g/mol. The molecule has 5 heteroatoms. The Morgan fingerprint density at radius 2 is 2.00 bits per heavy atom. The highest BCUT2D eigenvalue weighted by atomic mass is 19.1. The summed E-state index contributed by atoms with van der Waals surface area (Å²) in [5.74, 6) is 0.917. The maximum Gasteiger partial charge on any atom is 0.137 e. The standard InChI is InChI=1S/C21H23FN4/c1-13-8-9-26-19(10-13)24-20(14-2-5-17(22)6-3-14)21(26)15-4-7-18-16(11-15)12-23-25-18/h2-3,5-6,8-10,15-16,18,23,25H,4,7,11-12H2,1H3. The van der Waals surface area contributed by atoms with Crippen LogP contribution in [-0.4, -0.2) is 22.0 Å². The maximum absolute atomic E-state index is 13.4. The number of rotatable bonds is 2. The lowest BCUT2D eigenvalue weighted by Gasteiger charge is -2.31. The lowest BCUT2D eigenvalue weighted by Crippen LogP contribution is -2.35. The predicted octanol–water partition coefficient (Wildman–Crippen LogP) is 3.81. The van der Waals surface area contributed by atoms with Crippen LogP contribution >= 0.6 is 0 Å². The van der Waals surface area contributed by atoms with Crippen LogP contribution in [0.5, 0.6) is 0 Å². The number of hydrogen-bond acceptors (Lipinski definition) is 3. The molecule has 2 aromatic heterocycles. The molecular formula is C21H23FN4. The van der Waals surface area contributed by atoms with Crippen molar-refractivity contribution in [2.24, 2.45) is 5.92 Å². The van der Waals surface area contributed by atoms with E-state index in [1.165, 1.54) is 29.8 Å². The molecule has 134 valence electrons. The van der Waals surface area contributed by atoms with Gasteiger partial charge in [-0.25, -0.2) is 9.37 Å². The zero-order valence-electron chi connectivity index (χ0n) is 14.9. The molecule has 5 rings (SSSR count). The highest BCUT2D eigenvalue weighted by molar-refractivity contribution is 5.67. The van der Waals surface area contributed by atoms with Gasteiger partial charge >= 0.3 is 0 Å². The van der Waals surface area contributed by atoms with E-state index in [0.29, 0.717) is 17.9 Å². The molecule has 2 fully saturated rings. The Balaban J connectivity index is 1.64. The molecule has 0 radical (unpaired) electrons. The first-order chi connectivity index (χ1) is 12.7. The van der Waals surface area contributed by atoms with E-state index in [9.17, 15) is 4.39 Å². The number of halogens is 1. The minimum Gasteiger partial charge on any atom is -0.303 e. The van der Waals surface area contributed by atoms with E-state index in [1.807, 2.05) is 12.1 Å². The number of fused-ring (bicyclic) bond motifs is 2. The molecule has 1 aliphatic heterocycles. The summed E-state index contributed by atoms with van der Waals surface area (Å²) in [6.45, 7) is 3.12. The summed E-state index contributed by atoms with van der Waals surface area (Å²) in [5, 5.41) is 0. The Hall–Kier alpha value is -2.24. The fourth-order valence-corrected chi connectivity index (χ4v) is 4.62. The summed E-state index contributed by atoms with van der Waals surface area (Å²) in [5.41, 5.74) is 12.2. The number of hydrazine groups is 1. The quantitative estimate of drug-likeness (QED) is 0.738. The second kappa shape index (κ2) is 6.18. The largest absolute Gasteiger partial charge is 0.303 e. The van der Waals surface area contributed by atoms with Gasteiger partial charge in [0.15, 0.2) is 0 Å². The average Bonchev–Trinajstić information content (AvgIpc) is 3.25. The van der Waals surface area contributed by atoms with E-state index < -0.39 is 0 Å². The zero-order chi connectivity index (χ0) is 17.7. The minimum atomic E-state index is -0.210. The molecule has 1 aromatic carbocycles. The van der Waals surface area contributed by atoms with E-state index in [1.54, 1.807) is 0 Å². The summed E-state index contributed by atoms with van der Waals surface area (Å²) in [6, 6.07) is 11.6. The maximum atomic E-state index is 13.4. The average molecular weight is 350 g/mol. The zero-order valence-corrected chi connectivity index (χ0v) is 14.9. The molecule has 26 heavy (non-hydrogen) atoms. The molecule has 3 atom stereocenters. The number of pyridine rings is 1. The molecular weight excluding hydrogens is 327 g/mol. The Bertz CT molecular complexity index is 947. The molecule has 4 nitrogen and oxygen atoms in total. The number of benzene rings is 1. The first-order valence-corrected chi connectivity index (χ1v) is 9.42. The van der Waals surface area contributed by atoms with Crippen molar-refractivity contribution >= 4 is 5.65 Å². The van der Waals surface area contributed by atoms with Gasteiger partial charge in [0.25, 0.3) is 0 Å². The Labute approximate surface area is 152 Å². The number of aromatic nitrogens is 2. The number of hydrogen-bond donors (Lipinski definition) is 2. The fourth-order valence-electron chi connectivity index (χ4n) is 4.62. The third-order valence-electron chi connectivity index (χ3n) is 5.96. The van der Waals surface area contributed by atoms with Crippen LogP contribution in [0.2, 0.25) is 0 Å². The predicted molar refractivity (Wildman–Crippen MR) is 100 cm³/mol. The molecule has 1 saturated heterocycles. The van der Waals surface area contributed by atoms with Crippen LogP contribution in [-0.2, 0) is 0 Å². The lowest BCUT2D eigenvalue weighted by atomic mass is 9.77. The van der Waals surface area contributed by atoms with Gasteiger partial charge in [0.05, 0.1) is 11.4 Å². The summed E-state index contributed by atoms with van der Waals surface area (Å²) in [7, 11) is 0. The smallest absolute Gasteiger partial charge is 0.137 e. The molecule has 2 N–H and O–H groups in total. The van der Waals surface area contributed by atoms with Gasteiger partial charge < -0.3 is 4.40 Å². The Morgan fingerprint density at radius 3 is 2.85 bits per heavy atom. The van der Waals surface area contributed by atoms with Gasteiger partial charge in [-0.2, -0.15) is 0 Å². The second-order valence-electron chi connectivity index (χ2n) is 7.69. The van der Waals surface area contributed by atoms with Crippen LogP contribution in [0.3, 0.4) is 0 Å². The van der Waals surface area contributed by atoms with Crippen LogP contribution in [0.1, 0.15) is 36.4 Å². The second-order valence-corrected chi connectivity index (χ2v) is 7.69. The van der Waals surface area contributed by atoms with Crippen molar-refractivity contribution in [2.45, 2.75) is 38.1 Å². The highest BCUT2D eigenvalue weighted by Gasteiger charge is 2.36. The van der Waals surface area contributed by atoms with Crippen molar-refractivity contribution in [1.82, 2.24) is 20.2 Å². The molecule has 3 aromatic rings. The van der Waals surface area contributed by atoms with Crippen LogP contribution in [0.15, 0.2) is 42.6 Å². The molecule has 3 heterocycles. The Morgan fingerprint density at radius 1 is 1.15 bits per heavy atom. The first-order valence-electron chi connectivity index (χ1n) is 9.42. The number of nitrogens with one attached hydrogen (secondary N) is 2. The van der Waals surface area contributed by atoms with Gasteiger partial charge in [0, 0.05) is 30.3 Å². The van der Waals surface area contributed by atoms with Crippen molar-refractivity contribution in [3.05, 3.63) is 59.7 Å². The summed E-state index contributed by atoms with van der Waals surface area (Å²) < 4.78 is 15.7. The van der Waals surface area contributed by atoms with Crippen molar-refractivity contribution < 1.29 is 4.39 Å². The van der Waals surface area contributed by atoms with Crippen molar-refractivity contribution in [3.63, 3.8) is 0 Å². The van der Waals surface area contributed by atoms with Gasteiger partial charge in [-0.3, -0.25) is 10.9 Å². The number of imidazole rings is 1. The molecule has 1 saturated carbocycles. The van der Waals surface area contributed by atoms with E-state index >= 15 is 0 Å². The van der Waals surface area contributed by atoms with Crippen molar-refractivity contribution in [3.8, 4) is 11.3 Å². The van der Waals surface area contributed by atoms with Crippen LogP contribution < -0.4 is 10.9 Å². The van der Waals surface area contributed by atoms with E-state index in [0.717, 1.165) is 36.3 Å². The number of aryl methyl sites for hydroxylation is 1. The van der Waals surface area contributed by atoms with Gasteiger partial charge in [0.1, 0.15) is 11.5 Å². The summed E-state index contributed by atoms with van der Waals surface area (Å²) in [6.07, 6.45) is 5.60. The van der Waals surface area contributed by atoms with Gasteiger partial charge in [-0.1, -0.05) is 0 Å². The highest BCUT2D eigenvalue weighted by Crippen LogP contribution is 2.41. The first kappa shape index (κ1) is 16.0. The van der Waals surface area contributed by atoms with E-state index in [2.05, 4.69) is 40.5 Å². The normalized spacial score (nSPS) is 25.5. The van der Waals surface area contributed by atoms with Crippen molar-refractivity contribution in [2.75, 3.05) is 6.54 Å². The van der Waals surface area contributed by atoms with Crippen LogP contribution in [0, 0.1) is 18.7 Å². The SMILES string of the molecule is Cc1ccn2c(C3CCC4NNCC4C3)c(-c3ccc(F)cc3)nc2c1. The molecule has 0 bridgehead atoms. The summed E-state index contributed by atoms with van der Waals surface area (Å²) in [4.78, 5) is 4.94. The number of nitrogens with zero attached hydrogens (tertiary/aromatic N) is 2. The van der Waals surface area contributed by atoms with Gasteiger partial charge in [-0.15, -0.1) is 0 Å². The van der Waals surface area contributed by atoms with Crippen molar-refractivity contribution in [1.29, 1.82) is 0 Å². The third kappa shape index (κ3) is 2.63. The van der Waals surface area contributed by atoms with Gasteiger partial charge in [-0.05, 0) is 74.1 Å². The van der Waals surface area contributed by atoms with Gasteiger partial charge in [0.2, 0.25) is 0 Å². The van der Waals surface area contributed by atoms with Crippen LogP contribution in [0.4, 0.5) is 4.39 Å². The molecule has 3 unspecified atom stereocenters. The summed E-state index contributed by atoms with van der Waals surface area (Å²) >= 11 is 0.